The fraction of sp³-hybridized carbons (Fsp3) is 0.353. The average Bonchev–Trinajstić information content (AvgIpc) is 3.09. The fourth-order valence-electron chi connectivity index (χ4n) is 2.78. The molecule has 1 aliphatic rings. The smallest absolute Gasteiger partial charge is 0.317 e. The first-order valence-electron chi connectivity index (χ1n) is 7.99. The van der Waals surface area contributed by atoms with Crippen LogP contribution >= 0.6 is 11.3 Å². The lowest BCUT2D eigenvalue weighted by atomic mass is 9.97. The molecule has 2 N–H and O–H groups in total. The number of thiazole rings is 1. The van der Waals surface area contributed by atoms with E-state index in [9.17, 15) is 14.0 Å². The fourth-order valence-corrected chi connectivity index (χ4v) is 3.51. The molecule has 0 spiro atoms. The SMILES string of the molecule is O=C(O)C1CCN(C(=O)NCc2nc(-c3ccccc3F)cs2)CC1. The number of aliphatic carboxylic acids is 1. The summed E-state index contributed by atoms with van der Waals surface area (Å²) in [6.45, 7) is 1.12. The van der Waals surface area contributed by atoms with Gasteiger partial charge in [0.1, 0.15) is 10.8 Å². The molecule has 0 aliphatic carbocycles. The number of likely N-dealkylation sites (tertiary alicyclic amines) is 1. The van der Waals surface area contributed by atoms with Gasteiger partial charge in [-0.3, -0.25) is 4.79 Å². The zero-order valence-corrected chi connectivity index (χ0v) is 14.3. The van der Waals surface area contributed by atoms with Crippen molar-refractivity contribution >= 4 is 23.3 Å². The molecule has 0 radical (unpaired) electrons. The molecule has 2 amide bonds. The molecule has 1 saturated heterocycles. The van der Waals surface area contributed by atoms with Crippen molar-refractivity contribution in [3.8, 4) is 11.3 Å². The second kappa shape index (κ2) is 7.60. The third-order valence-corrected chi connectivity index (χ3v) is 5.07. The van der Waals surface area contributed by atoms with E-state index in [1.807, 2.05) is 0 Å². The maximum Gasteiger partial charge on any atom is 0.317 e. The Hall–Kier alpha value is -2.48. The van der Waals surface area contributed by atoms with Crippen molar-refractivity contribution in [2.24, 2.45) is 5.92 Å². The summed E-state index contributed by atoms with van der Waals surface area (Å²) in [4.78, 5) is 29.1. The van der Waals surface area contributed by atoms with Gasteiger partial charge in [-0.05, 0) is 25.0 Å². The summed E-state index contributed by atoms with van der Waals surface area (Å²) in [6.07, 6.45) is 0.939. The number of amides is 2. The van der Waals surface area contributed by atoms with Crippen LogP contribution < -0.4 is 5.32 Å². The number of carbonyl (C=O) groups excluding carboxylic acids is 1. The molecule has 0 atom stereocenters. The average molecular weight is 363 g/mol. The zero-order valence-electron chi connectivity index (χ0n) is 13.4. The monoisotopic (exact) mass is 363 g/mol. The van der Waals surface area contributed by atoms with Gasteiger partial charge in [-0.15, -0.1) is 11.3 Å². The number of rotatable bonds is 4. The van der Waals surface area contributed by atoms with E-state index in [1.54, 1.807) is 28.5 Å². The highest BCUT2D eigenvalue weighted by atomic mass is 32.1. The Morgan fingerprint density at radius 2 is 2.04 bits per heavy atom. The van der Waals surface area contributed by atoms with Crippen molar-refractivity contribution in [3.63, 3.8) is 0 Å². The van der Waals surface area contributed by atoms with E-state index in [4.69, 9.17) is 5.11 Å². The lowest BCUT2D eigenvalue weighted by molar-refractivity contribution is -0.143. The highest BCUT2D eigenvalue weighted by Gasteiger charge is 2.26. The molecule has 2 heterocycles. The summed E-state index contributed by atoms with van der Waals surface area (Å²) < 4.78 is 13.8. The molecular weight excluding hydrogens is 345 g/mol. The third-order valence-electron chi connectivity index (χ3n) is 4.22. The number of nitrogens with zero attached hydrogens (tertiary/aromatic N) is 2. The van der Waals surface area contributed by atoms with Gasteiger partial charge in [-0.2, -0.15) is 0 Å². The molecule has 0 unspecified atom stereocenters. The van der Waals surface area contributed by atoms with Crippen molar-refractivity contribution in [2.45, 2.75) is 19.4 Å². The van der Waals surface area contributed by atoms with Gasteiger partial charge >= 0.3 is 12.0 Å². The third kappa shape index (κ3) is 4.14. The van der Waals surface area contributed by atoms with Gasteiger partial charge in [0, 0.05) is 24.0 Å². The van der Waals surface area contributed by atoms with E-state index in [0.717, 1.165) is 0 Å². The first-order chi connectivity index (χ1) is 12.0. The van der Waals surface area contributed by atoms with E-state index >= 15 is 0 Å². The van der Waals surface area contributed by atoms with E-state index in [0.29, 0.717) is 42.2 Å². The number of benzene rings is 1. The maximum atomic E-state index is 13.8. The largest absolute Gasteiger partial charge is 0.481 e. The molecule has 2 aromatic rings. The first kappa shape index (κ1) is 17.3. The molecule has 1 aromatic carbocycles. The number of urea groups is 1. The predicted octanol–water partition coefficient (Wildman–Crippen LogP) is 2.96. The number of carboxylic acid groups (broad SMARTS) is 1. The summed E-state index contributed by atoms with van der Waals surface area (Å²) in [5.74, 6) is -1.50. The Balaban J connectivity index is 1.53. The van der Waals surface area contributed by atoms with Crippen LogP contribution in [0, 0.1) is 11.7 Å². The molecule has 132 valence electrons. The highest BCUT2D eigenvalue weighted by molar-refractivity contribution is 7.09. The van der Waals surface area contributed by atoms with Gasteiger partial charge in [-0.1, -0.05) is 12.1 Å². The van der Waals surface area contributed by atoms with Gasteiger partial charge in [0.15, 0.2) is 0 Å². The Bertz CT molecular complexity index is 772. The molecular formula is C17H18FN3O3S. The van der Waals surface area contributed by atoms with Crippen LogP contribution in [-0.2, 0) is 11.3 Å². The molecule has 1 fully saturated rings. The topological polar surface area (TPSA) is 82.5 Å². The summed E-state index contributed by atoms with van der Waals surface area (Å²) in [7, 11) is 0. The number of hydrogen-bond acceptors (Lipinski definition) is 4. The second-order valence-corrected chi connectivity index (χ2v) is 6.81. The van der Waals surface area contributed by atoms with E-state index < -0.39 is 5.97 Å². The van der Waals surface area contributed by atoms with Gasteiger partial charge in [0.05, 0.1) is 18.2 Å². The minimum atomic E-state index is -0.802. The van der Waals surface area contributed by atoms with Crippen molar-refractivity contribution in [1.82, 2.24) is 15.2 Å². The normalized spacial score (nSPS) is 15.2. The quantitative estimate of drug-likeness (QED) is 0.875. The van der Waals surface area contributed by atoms with E-state index in [-0.39, 0.29) is 24.3 Å². The molecule has 3 rings (SSSR count). The summed E-state index contributed by atoms with van der Waals surface area (Å²) >= 11 is 1.36. The van der Waals surface area contributed by atoms with Crippen LogP contribution in [0.1, 0.15) is 17.8 Å². The Morgan fingerprint density at radius 3 is 2.72 bits per heavy atom. The van der Waals surface area contributed by atoms with Crippen molar-refractivity contribution < 1.29 is 19.1 Å². The molecule has 8 heteroatoms. The number of aromatic nitrogens is 1. The van der Waals surface area contributed by atoms with Crippen molar-refractivity contribution in [2.75, 3.05) is 13.1 Å². The van der Waals surface area contributed by atoms with Gasteiger partial charge < -0.3 is 15.3 Å². The summed E-state index contributed by atoms with van der Waals surface area (Å²) in [5.41, 5.74) is 0.988. The van der Waals surface area contributed by atoms with Crippen molar-refractivity contribution in [1.29, 1.82) is 0 Å². The van der Waals surface area contributed by atoms with Crippen LogP contribution in [0.5, 0.6) is 0 Å². The molecule has 0 saturated carbocycles. The minimum Gasteiger partial charge on any atom is -0.481 e. The van der Waals surface area contributed by atoms with Crippen LogP contribution in [0.15, 0.2) is 29.6 Å². The number of piperidine rings is 1. The Labute approximate surface area is 148 Å². The lowest BCUT2D eigenvalue weighted by Gasteiger charge is -2.30. The molecule has 25 heavy (non-hydrogen) atoms. The lowest BCUT2D eigenvalue weighted by Crippen LogP contribution is -2.45. The second-order valence-electron chi connectivity index (χ2n) is 5.86. The minimum absolute atomic E-state index is 0.230. The van der Waals surface area contributed by atoms with E-state index in [2.05, 4.69) is 10.3 Å². The van der Waals surface area contributed by atoms with Crippen LogP contribution in [0.4, 0.5) is 9.18 Å². The van der Waals surface area contributed by atoms with Gasteiger partial charge in [0.2, 0.25) is 0 Å². The number of nitrogens with one attached hydrogen (secondary N) is 1. The van der Waals surface area contributed by atoms with Crippen LogP contribution in [0.3, 0.4) is 0 Å². The van der Waals surface area contributed by atoms with Crippen molar-refractivity contribution in [3.05, 3.63) is 40.5 Å². The van der Waals surface area contributed by atoms with E-state index in [1.165, 1.54) is 17.4 Å². The molecule has 1 aliphatic heterocycles. The molecule has 6 nitrogen and oxygen atoms in total. The number of carboxylic acids is 1. The van der Waals surface area contributed by atoms with Crippen LogP contribution in [0.2, 0.25) is 0 Å². The van der Waals surface area contributed by atoms with Gasteiger partial charge in [0.25, 0.3) is 0 Å². The van der Waals surface area contributed by atoms with Crippen LogP contribution in [-0.4, -0.2) is 40.1 Å². The number of carbonyl (C=O) groups is 2. The highest BCUT2D eigenvalue weighted by Crippen LogP contribution is 2.24. The predicted molar refractivity (Wildman–Crippen MR) is 91.7 cm³/mol. The van der Waals surface area contributed by atoms with Gasteiger partial charge in [-0.25, -0.2) is 14.2 Å². The standard InChI is InChI=1S/C17H18FN3O3S/c18-13-4-2-1-3-12(13)14-10-25-15(20-14)9-19-17(24)21-7-5-11(6-8-21)16(22)23/h1-4,10-11H,5-9H2,(H,19,24)(H,22,23). The molecule has 1 aromatic heterocycles. The first-order valence-corrected chi connectivity index (χ1v) is 8.87. The number of hydrogen-bond donors (Lipinski definition) is 2. The summed E-state index contributed by atoms with van der Waals surface area (Å²) in [6, 6.07) is 6.20. The molecule has 0 bridgehead atoms. The summed E-state index contributed by atoms with van der Waals surface area (Å²) in [5, 5.41) is 14.2. The maximum absolute atomic E-state index is 13.8. The number of halogens is 1. The van der Waals surface area contributed by atoms with Crippen LogP contribution in [0.25, 0.3) is 11.3 Å². The zero-order chi connectivity index (χ0) is 17.8. The Morgan fingerprint density at radius 1 is 1.32 bits per heavy atom. The Kier molecular flexibility index (Phi) is 5.28.